The SMILES string of the molecule is CCCCS(=O)(=O)NCCC1CCCCC1(C(=S)NC)c1cccnc1. The molecule has 2 rings (SSSR count). The Labute approximate surface area is 163 Å². The van der Waals surface area contributed by atoms with Crippen LogP contribution in [0.1, 0.15) is 57.4 Å². The second-order valence-electron chi connectivity index (χ2n) is 7.09. The first kappa shape index (κ1) is 21.3. The predicted molar refractivity (Wildman–Crippen MR) is 111 cm³/mol. The Hall–Kier alpha value is -1.05. The smallest absolute Gasteiger partial charge is 0.211 e. The summed E-state index contributed by atoms with van der Waals surface area (Å²) in [5.41, 5.74) is 0.878. The molecule has 0 amide bonds. The van der Waals surface area contributed by atoms with Crippen molar-refractivity contribution >= 4 is 27.2 Å². The Bertz CT molecular complexity index is 679. The highest BCUT2D eigenvalue weighted by molar-refractivity contribution is 7.89. The maximum atomic E-state index is 12.1. The van der Waals surface area contributed by atoms with E-state index in [0.29, 0.717) is 18.9 Å². The van der Waals surface area contributed by atoms with E-state index in [-0.39, 0.29) is 11.2 Å². The van der Waals surface area contributed by atoms with Crippen molar-refractivity contribution in [2.24, 2.45) is 5.92 Å². The number of sulfonamides is 1. The van der Waals surface area contributed by atoms with Gasteiger partial charge in [-0.1, -0.05) is 44.5 Å². The molecule has 0 bridgehead atoms. The zero-order chi connectivity index (χ0) is 19.0. The summed E-state index contributed by atoms with van der Waals surface area (Å²) in [6, 6.07) is 4.05. The minimum atomic E-state index is -3.18. The van der Waals surface area contributed by atoms with Crippen molar-refractivity contribution in [1.29, 1.82) is 0 Å². The first-order chi connectivity index (χ1) is 12.5. The quantitative estimate of drug-likeness (QED) is 0.626. The molecular weight excluding hydrogens is 366 g/mol. The lowest BCUT2D eigenvalue weighted by Crippen LogP contribution is -2.50. The minimum Gasteiger partial charge on any atom is -0.382 e. The molecule has 0 spiro atoms. The zero-order valence-electron chi connectivity index (χ0n) is 15.8. The molecule has 1 aliphatic carbocycles. The lowest BCUT2D eigenvalue weighted by Gasteiger charge is -2.45. The third-order valence-corrected chi connectivity index (χ3v) is 7.50. The van der Waals surface area contributed by atoms with Crippen LogP contribution >= 0.6 is 12.2 Å². The second kappa shape index (κ2) is 9.76. The normalized spacial score (nSPS) is 23.5. The van der Waals surface area contributed by atoms with Crippen LogP contribution in [-0.2, 0) is 15.4 Å². The summed E-state index contributed by atoms with van der Waals surface area (Å²) in [7, 11) is -1.31. The number of nitrogens with one attached hydrogen (secondary N) is 2. The van der Waals surface area contributed by atoms with Gasteiger partial charge in [-0.25, -0.2) is 13.1 Å². The number of thiocarbonyl (C=S) groups is 1. The van der Waals surface area contributed by atoms with Gasteiger partial charge in [-0.05, 0) is 43.2 Å². The van der Waals surface area contributed by atoms with E-state index in [1.165, 1.54) is 0 Å². The maximum Gasteiger partial charge on any atom is 0.211 e. The first-order valence-electron chi connectivity index (χ1n) is 9.56. The molecule has 2 atom stereocenters. The number of aromatic nitrogens is 1. The summed E-state index contributed by atoms with van der Waals surface area (Å²) in [5, 5.41) is 3.20. The summed E-state index contributed by atoms with van der Waals surface area (Å²) >= 11 is 5.75. The molecule has 1 heterocycles. The van der Waals surface area contributed by atoms with Crippen LogP contribution in [0.4, 0.5) is 0 Å². The van der Waals surface area contributed by atoms with Crippen LogP contribution in [0.3, 0.4) is 0 Å². The standard InChI is InChI=1S/C19H31N3O2S2/c1-3-4-14-26(23,24)22-13-10-16-8-5-6-11-19(16,18(25)20-2)17-9-7-12-21-15-17/h7,9,12,15-16,22H,3-6,8,10-11,13-14H2,1-2H3,(H,20,25). The number of likely N-dealkylation sites (N-methyl/N-ethyl adjacent to an activating group) is 1. The number of nitrogens with zero attached hydrogens (tertiary/aromatic N) is 1. The first-order valence-corrected chi connectivity index (χ1v) is 11.6. The van der Waals surface area contributed by atoms with E-state index in [1.54, 1.807) is 6.20 Å². The number of hydrogen-bond acceptors (Lipinski definition) is 4. The van der Waals surface area contributed by atoms with Gasteiger partial charge in [0.1, 0.15) is 0 Å². The van der Waals surface area contributed by atoms with Crippen molar-refractivity contribution < 1.29 is 8.42 Å². The summed E-state index contributed by atoms with van der Waals surface area (Å²) in [5.74, 6) is 0.505. The van der Waals surface area contributed by atoms with E-state index in [2.05, 4.69) is 21.1 Å². The Morgan fingerprint density at radius 2 is 2.23 bits per heavy atom. The molecule has 0 saturated heterocycles. The number of hydrogen-bond donors (Lipinski definition) is 2. The minimum absolute atomic E-state index is 0.205. The van der Waals surface area contributed by atoms with Crippen LogP contribution < -0.4 is 10.0 Å². The van der Waals surface area contributed by atoms with E-state index in [0.717, 1.165) is 49.1 Å². The topological polar surface area (TPSA) is 71.1 Å². The molecule has 146 valence electrons. The number of pyridine rings is 1. The summed E-state index contributed by atoms with van der Waals surface area (Å²) in [6.45, 7) is 2.46. The Balaban J connectivity index is 2.17. The van der Waals surface area contributed by atoms with Crippen LogP contribution in [-0.4, -0.2) is 37.7 Å². The van der Waals surface area contributed by atoms with Gasteiger partial charge in [0, 0.05) is 31.4 Å². The van der Waals surface area contributed by atoms with Gasteiger partial charge in [0.25, 0.3) is 0 Å². The van der Waals surface area contributed by atoms with Gasteiger partial charge < -0.3 is 5.32 Å². The van der Waals surface area contributed by atoms with Crippen LogP contribution in [0.15, 0.2) is 24.5 Å². The highest BCUT2D eigenvalue weighted by atomic mass is 32.2. The van der Waals surface area contributed by atoms with Crippen LogP contribution in [0.25, 0.3) is 0 Å². The fourth-order valence-corrected chi connectivity index (χ4v) is 5.72. The van der Waals surface area contributed by atoms with Crippen molar-refractivity contribution in [3.63, 3.8) is 0 Å². The Kier molecular flexibility index (Phi) is 7.98. The second-order valence-corrected chi connectivity index (χ2v) is 9.42. The molecule has 2 N–H and O–H groups in total. The molecule has 5 nitrogen and oxygen atoms in total. The fraction of sp³-hybridized carbons (Fsp3) is 0.684. The van der Waals surface area contributed by atoms with E-state index < -0.39 is 10.0 Å². The van der Waals surface area contributed by atoms with Gasteiger partial charge in [-0.3, -0.25) is 4.98 Å². The maximum absolute atomic E-state index is 12.1. The molecule has 1 aromatic heterocycles. The van der Waals surface area contributed by atoms with Gasteiger partial charge in [0.2, 0.25) is 10.0 Å². The summed E-state index contributed by atoms with van der Waals surface area (Å²) in [4.78, 5) is 5.15. The summed E-state index contributed by atoms with van der Waals surface area (Å²) in [6.07, 6.45) is 10.3. The fourth-order valence-electron chi connectivity index (χ4n) is 4.09. The monoisotopic (exact) mass is 397 g/mol. The van der Waals surface area contributed by atoms with Crippen molar-refractivity contribution in [1.82, 2.24) is 15.0 Å². The molecule has 1 fully saturated rings. The number of rotatable bonds is 9. The third-order valence-electron chi connectivity index (χ3n) is 5.46. The van der Waals surface area contributed by atoms with E-state index >= 15 is 0 Å². The number of unbranched alkanes of at least 4 members (excludes halogenated alkanes) is 1. The van der Waals surface area contributed by atoms with Crippen molar-refractivity contribution in [3.05, 3.63) is 30.1 Å². The highest BCUT2D eigenvalue weighted by Gasteiger charge is 2.45. The van der Waals surface area contributed by atoms with Crippen LogP contribution in [0, 0.1) is 5.92 Å². The molecule has 0 radical (unpaired) electrons. The summed E-state index contributed by atoms with van der Waals surface area (Å²) < 4.78 is 27.0. The van der Waals surface area contributed by atoms with Gasteiger partial charge in [0.05, 0.1) is 10.7 Å². The van der Waals surface area contributed by atoms with E-state index in [4.69, 9.17) is 12.2 Å². The molecule has 0 aliphatic heterocycles. The molecule has 7 heteroatoms. The molecular formula is C19H31N3O2S2. The molecule has 1 aliphatic rings. The third kappa shape index (κ3) is 5.02. The van der Waals surface area contributed by atoms with Gasteiger partial charge in [0.15, 0.2) is 0 Å². The average Bonchev–Trinajstić information content (AvgIpc) is 2.66. The molecule has 26 heavy (non-hydrogen) atoms. The van der Waals surface area contributed by atoms with Crippen molar-refractivity contribution in [2.75, 3.05) is 19.3 Å². The highest BCUT2D eigenvalue weighted by Crippen LogP contribution is 2.46. The molecule has 0 aromatic carbocycles. The predicted octanol–water partition coefficient (Wildman–Crippen LogP) is 3.17. The van der Waals surface area contributed by atoms with E-state index in [1.807, 2.05) is 26.2 Å². The van der Waals surface area contributed by atoms with Crippen LogP contribution in [0.5, 0.6) is 0 Å². The molecule has 1 saturated carbocycles. The van der Waals surface area contributed by atoms with Crippen LogP contribution in [0.2, 0.25) is 0 Å². The lowest BCUT2D eigenvalue weighted by atomic mass is 9.61. The van der Waals surface area contributed by atoms with Gasteiger partial charge in [-0.2, -0.15) is 0 Å². The average molecular weight is 398 g/mol. The van der Waals surface area contributed by atoms with Gasteiger partial charge >= 0.3 is 0 Å². The Morgan fingerprint density at radius 3 is 2.88 bits per heavy atom. The Morgan fingerprint density at radius 1 is 1.42 bits per heavy atom. The van der Waals surface area contributed by atoms with Crippen molar-refractivity contribution in [2.45, 2.75) is 57.3 Å². The van der Waals surface area contributed by atoms with E-state index in [9.17, 15) is 8.42 Å². The molecule has 2 unspecified atom stereocenters. The largest absolute Gasteiger partial charge is 0.382 e. The van der Waals surface area contributed by atoms with Crippen molar-refractivity contribution in [3.8, 4) is 0 Å². The lowest BCUT2D eigenvalue weighted by molar-refractivity contribution is 0.239. The van der Waals surface area contributed by atoms with Gasteiger partial charge in [-0.15, -0.1) is 0 Å². The molecule has 1 aromatic rings. The zero-order valence-corrected chi connectivity index (χ0v) is 17.5.